The van der Waals surface area contributed by atoms with Crippen molar-refractivity contribution in [2.45, 2.75) is 30.2 Å². The average Bonchev–Trinajstić information content (AvgIpc) is 2.75. The molecule has 9 heteroatoms. The van der Waals surface area contributed by atoms with E-state index in [9.17, 15) is 18.0 Å². The number of benzene rings is 3. The Labute approximate surface area is 200 Å². The van der Waals surface area contributed by atoms with E-state index in [1.165, 1.54) is 23.9 Å². The molecule has 1 atom stereocenters. The standard InChI is InChI=1S/C24H22F3N3OS2/c1-15-9-11-18(12-10-15)29-23(32)30-20-7-4-8-21(14-20)33-16(2)22(31)28-19-6-3-5-17(13-19)24(25,26)27/h3-14,16H,1-2H3,(H,28,31)(H2,29,30,32). The van der Waals surface area contributed by atoms with E-state index in [1.54, 1.807) is 6.92 Å². The molecule has 4 nitrogen and oxygen atoms in total. The molecule has 33 heavy (non-hydrogen) atoms. The van der Waals surface area contributed by atoms with E-state index in [-0.39, 0.29) is 5.69 Å². The maximum absolute atomic E-state index is 12.9. The van der Waals surface area contributed by atoms with E-state index in [4.69, 9.17) is 12.2 Å². The molecule has 172 valence electrons. The first-order chi connectivity index (χ1) is 15.6. The first-order valence-corrected chi connectivity index (χ1v) is 11.3. The SMILES string of the molecule is Cc1ccc(NC(=S)Nc2cccc(SC(C)C(=O)Nc3cccc(C(F)(F)F)c3)c2)cc1. The third kappa shape index (κ3) is 7.50. The van der Waals surface area contributed by atoms with Crippen molar-refractivity contribution >= 4 is 52.1 Å². The van der Waals surface area contributed by atoms with Crippen LogP contribution in [0.4, 0.5) is 30.2 Å². The van der Waals surface area contributed by atoms with Crippen molar-refractivity contribution in [1.29, 1.82) is 0 Å². The van der Waals surface area contributed by atoms with Crippen molar-refractivity contribution in [3.63, 3.8) is 0 Å². The Morgan fingerprint density at radius 3 is 2.15 bits per heavy atom. The van der Waals surface area contributed by atoms with E-state index < -0.39 is 22.9 Å². The maximum Gasteiger partial charge on any atom is 0.416 e. The molecule has 3 aromatic rings. The van der Waals surface area contributed by atoms with Crippen LogP contribution in [0.15, 0.2) is 77.7 Å². The molecule has 0 heterocycles. The summed E-state index contributed by atoms with van der Waals surface area (Å²) in [5, 5.41) is 8.65. The topological polar surface area (TPSA) is 53.2 Å². The number of thioether (sulfide) groups is 1. The normalized spacial score (nSPS) is 12.0. The Balaban J connectivity index is 1.58. The Bertz CT molecular complexity index is 1130. The van der Waals surface area contributed by atoms with Gasteiger partial charge in [-0.25, -0.2) is 0 Å². The lowest BCUT2D eigenvalue weighted by Gasteiger charge is -2.15. The number of carbonyl (C=O) groups is 1. The summed E-state index contributed by atoms with van der Waals surface area (Å²) in [6.45, 7) is 3.70. The van der Waals surface area contributed by atoms with Crippen LogP contribution < -0.4 is 16.0 Å². The summed E-state index contributed by atoms with van der Waals surface area (Å²) in [4.78, 5) is 13.3. The molecule has 0 aliphatic heterocycles. The van der Waals surface area contributed by atoms with Gasteiger partial charge in [-0.2, -0.15) is 13.2 Å². The number of nitrogens with one attached hydrogen (secondary N) is 3. The number of halogens is 3. The molecule has 0 radical (unpaired) electrons. The number of thiocarbonyl (C=S) groups is 1. The number of alkyl halides is 3. The van der Waals surface area contributed by atoms with E-state index in [0.717, 1.165) is 34.0 Å². The molecule has 0 aromatic heterocycles. The molecule has 3 aromatic carbocycles. The number of aryl methyl sites for hydroxylation is 1. The zero-order chi connectivity index (χ0) is 24.0. The number of amides is 1. The Hall–Kier alpha value is -3.04. The third-order valence-corrected chi connectivity index (χ3v) is 5.84. The van der Waals surface area contributed by atoms with Crippen LogP contribution in [0.2, 0.25) is 0 Å². The summed E-state index contributed by atoms with van der Waals surface area (Å²) in [6, 6.07) is 19.8. The minimum Gasteiger partial charge on any atom is -0.332 e. The van der Waals surface area contributed by atoms with Crippen molar-refractivity contribution in [3.05, 3.63) is 83.9 Å². The number of hydrogen-bond donors (Lipinski definition) is 3. The Morgan fingerprint density at radius 2 is 1.48 bits per heavy atom. The number of rotatable bonds is 6. The van der Waals surface area contributed by atoms with Gasteiger partial charge in [-0.15, -0.1) is 11.8 Å². The highest BCUT2D eigenvalue weighted by atomic mass is 32.2. The molecule has 3 N–H and O–H groups in total. The van der Waals surface area contributed by atoms with Gasteiger partial charge < -0.3 is 16.0 Å². The molecule has 0 fully saturated rings. The second kappa shape index (κ2) is 10.7. The zero-order valence-corrected chi connectivity index (χ0v) is 19.5. The first kappa shape index (κ1) is 24.6. The molecule has 0 saturated carbocycles. The zero-order valence-electron chi connectivity index (χ0n) is 17.9. The summed E-state index contributed by atoms with van der Waals surface area (Å²) in [7, 11) is 0. The van der Waals surface area contributed by atoms with Crippen LogP contribution in [0.5, 0.6) is 0 Å². The van der Waals surface area contributed by atoms with E-state index in [0.29, 0.717) is 5.11 Å². The molecule has 0 saturated heterocycles. The third-order valence-electron chi connectivity index (χ3n) is 4.54. The smallest absolute Gasteiger partial charge is 0.332 e. The summed E-state index contributed by atoms with van der Waals surface area (Å²) in [5.41, 5.74) is 2.05. The van der Waals surface area contributed by atoms with Crippen LogP contribution in [0, 0.1) is 6.92 Å². The van der Waals surface area contributed by atoms with E-state index in [2.05, 4.69) is 16.0 Å². The molecule has 3 rings (SSSR count). The van der Waals surface area contributed by atoms with Gasteiger partial charge in [0.1, 0.15) is 0 Å². The van der Waals surface area contributed by atoms with Crippen molar-refractivity contribution in [2.24, 2.45) is 0 Å². The van der Waals surface area contributed by atoms with Gasteiger partial charge >= 0.3 is 6.18 Å². The molecule has 1 unspecified atom stereocenters. The van der Waals surface area contributed by atoms with Crippen molar-refractivity contribution in [2.75, 3.05) is 16.0 Å². The fourth-order valence-electron chi connectivity index (χ4n) is 2.85. The molecular weight excluding hydrogens is 467 g/mol. The van der Waals surface area contributed by atoms with Crippen molar-refractivity contribution in [1.82, 2.24) is 0 Å². The van der Waals surface area contributed by atoms with Crippen LogP contribution in [-0.4, -0.2) is 16.3 Å². The van der Waals surface area contributed by atoms with Gasteiger partial charge in [0.2, 0.25) is 5.91 Å². The van der Waals surface area contributed by atoms with Crippen molar-refractivity contribution in [3.8, 4) is 0 Å². The molecule has 0 spiro atoms. The molecule has 0 bridgehead atoms. The van der Waals surface area contributed by atoms with Crippen LogP contribution in [0.1, 0.15) is 18.1 Å². The fraction of sp³-hybridized carbons (Fsp3) is 0.167. The number of anilines is 3. The summed E-state index contributed by atoms with van der Waals surface area (Å²) >= 11 is 6.65. The van der Waals surface area contributed by atoms with Gasteiger partial charge in [-0.05, 0) is 74.6 Å². The summed E-state index contributed by atoms with van der Waals surface area (Å²) in [5.74, 6) is -0.394. The average molecular weight is 490 g/mol. The molecule has 0 aliphatic rings. The summed E-state index contributed by atoms with van der Waals surface area (Å²) < 4.78 is 38.6. The minimum atomic E-state index is -4.47. The Morgan fingerprint density at radius 1 is 0.879 bits per heavy atom. The number of carbonyl (C=O) groups excluding carboxylic acids is 1. The second-order valence-electron chi connectivity index (χ2n) is 7.30. The van der Waals surface area contributed by atoms with E-state index >= 15 is 0 Å². The quantitative estimate of drug-likeness (QED) is 0.259. The summed E-state index contributed by atoms with van der Waals surface area (Å²) in [6.07, 6.45) is -4.47. The highest BCUT2D eigenvalue weighted by Gasteiger charge is 2.30. The van der Waals surface area contributed by atoms with Gasteiger partial charge in [0.05, 0.1) is 10.8 Å². The highest BCUT2D eigenvalue weighted by molar-refractivity contribution is 8.00. The maximum atomic E-state index is 12.9. The molecule has 1 amide bonds. The van der Waals surface area contributed by atoms with Gasteiger partial charge in [0, 0.05) is 22.0 Å². The molecule has 0 aliphatic carbocycles. The van der Waals surface area contributed by atoms with Crippen LogP contribution in [-0.2, 0) is 11.0 Å². The fourth-order valence-corrected chi connectivity index (χ4v) is 4.01. The van der Waals surface area contributed by atoms with Crippen molar-refractivity contribution < 1.29 is 18.0 Å². The second-order valence-corrected chi connectivity index (χ2v) is 9.12. The lowest BCUT2D eigenvalue weighted by Crippen LogP contribution is -2.22. The van der Waals surface area contributed by atoms with Gasteiger partial charge in [0.25, 0.3) is 0 Å². The van der Waals surface area contributed by atoms with Crippen LogP contribution >= 0.6 is 24.0 Å². The van der Waals surface area contributed by atoms with Gasteiger partial charge in [-0.3, -0.25) is 4.79 Å². The van der Waals surface area contributed by atoms with Gasteiger partial charge in [-0.1, -0.05) is 29.8 Å². The number of hydrogen-bond acceptors (Lipinski definition) is 3. The first-order valence-electron chi connectivity index (χ1n) is 10.00. The highest BCUT2D eigenvalue weighted by Crippen LogP contribution is 2.31. The predicted molar refractivity (Wildman–Crippen MR) is 133 cm³/mol. The molecular formula is C24H22F3N3OS2. The van der Waals surface area contributed by atoms with Crippen LogP contribution in [0.25, 0.3) is 0 Å². The minimum absolute atomic E-state index is 0.102. The van der Waals surface area contributed by atoms with Gasteiger partial charge in [0.15, 0.2) is 5.11 Å². The largest absolute Gasteiger partial charge is 0.416 e. The monoisotopic (exact) mass is 489 g/mol. The Kier molecular flexibility index (Phi) is 7.99. The predicted octanol–water partition coefficient (Wildman–Crippen LogP) is 6.94. The van der Waals surface area contributed by atoms with E-state index in [1.807, 2.05) is 55.5 Å². The lowest BCUT2D eigenvalue weighted by molar-refractivity contribution is -0.137. The van der Waals surface area contributed by atoms with Crippen LogP contribution in [0.3, 0.4) is 0 Å². The lowest BCUT2D eigenvalue weighted by atomic mass is 10.2.